The Hall–Kier alpha value is -4.06. The van der Waals surface area contributed by atoms with Crippen LogP contribution in [0, 0.1) is 6.92 Å². The highest BCUT2D eigenvalue weighted by molar-refractivity contribution is 6.10. The maximum absolute atomic E-state index is 13.1. The minimum absolute atomic E-state index is 0.00701. The third kappa shape index (κ3) is 3.82. The molecule has 0 aliphatic rings. The zero-order valence-electron chi connectivity index (χ0n) is 15.7. The Balaban J connectivity index is 1.89. The van der Waals surface area contributed by atoms with Crippen LogP contribution in [0.5, 0.6) is 0 Å². The molecule has 29 heavy (non-hydrogen) atoms. The zero-order valence-corrected chi connectivity index (χ0v) is 15.7. The van der Waals surface area contributed by atoms with Gasteiger partial charge in [0.1, 0.15) is 11.4 Å². The number of hydrogen-bond donors (Lipinski definition) is 2. The molecule has 6 heteroatoms. The van der Waals surface area contributed by atoms with Crippen molar-refractivity contribution in [2.45, 2.75) is 6.92 Å². The van der Waals surface area contributed by atoms with Crippen molar-refractivity contribution in [3.05, 3.63) is 100 Å². The number of nitrogens with one attached hydrogen (secondary N) is 2. The quantitative estimate of drug-likeness (QED) is 0.557. The molecule has 0 spiro atoms. The molecule has 0 saturated heterocycles. The number of rotatable bonds is 4. The number of nitrogens with zero attached hydrogens (tertiary/aromatic N) is 2. The third-order valence-electron chi connectivity index (χ3n) is 4.47. The Bertz CT molecular complexity index is 1200. The molecule has 0 bridgehead atoms. The van der Waals surface area contributed by atoms with E-state index in [1.54, 1.807) is 12.3 Å². The molecule has 0 aliphatic carbocycles. The maximum atomic E-state index is 13.1. The first-order chi connectivity index (χ1) is 14.1. The Kier molecular flexibility index (Phi) is 4.99. The fourth-order valence-electron chi connectivity index (χ4n) is 3.08. The van der Waals surface area contributed by atoms with E-state index in [0.29, 0.717) is 17.1 Å². The normalized spacial score (nSPS) is 10.5. The topological polar surface area (TPSA) is 87.7 Å². The van der Waals surface area contributed by atoms with Gasteiger partial charge in [0, 0.05) is 17.3 Å². The van der Waals surface area contributed by atoms with Crippen molar-refractivity contribution in [3.63, 3.8) is 0 Å². The number of benzene rings is 2. The second-order valence-corrected chi connectivity index (χ2v) is 6.56. The molecule has 2 aromatic carbocycles. The van der Waals surface area contributed by atoms with Gasteiger partial charge in [-0.15, -0.1) is 0 Å². The lowest BCUT2D eigenvalue weighted by molar-refractivity contribution is 0.102. The van der Waals surface area contributed by atoms with Crippen LogP contribution in [0.25, 0.3) is 22.4 Å². The Morgan fingerprint density at radius 1 is 0.897 bits per heavy atom. The van der Waals surface area contributed by atoms with Crippen LogP contribution in [0.1, 0.15) is 15.9 Å². The number of hydrogen-bond acceptors (Lipinski definition) is 4. The summed E-state index contributed by atoms with van der Waals surface area (Å²) < 4.78 is 0. The average molecular weight is 382 g/mol. The molecule has 0 saturated carbocycles. The lowest BCUT2D eigenvalue weighted by Gasteiger charge is -2.13. The van der Waals surface area contributed by atoms with Crippen molar-refractivity contribution in [1.82, 2.24) is 15.2 Å². The van der Waals surface area contributed by atoms with E-state index in [-0.39, 0.29) is 5.56 Å². The van der Waals surface area contributed by atoms with E-state index in [1.165, 1.54) is 0 Å². The fourth-order valence-corrected chi connectivity index (χ4v) is 3.08. The van der Waals surface area contributed by atoms with E-state index in [9.17, 15) is 9.59 Å². The summed E-state index contributed by atoms with van der Waals surface area (Å²) in [6.07, 6.45) is 1.65. The van der Waals surface area contributed by atoms with Crippen molar-refractivity contribution in [1.29, 1.82) is 0 Å². The number of amides is 1. The lowest BCUT2D eigenvalue weighted by Crippen LogP contribution is -2.26. The summed E-state index contributed by atoms with van der Waals surface area (Å²) >= 11 is 0. The number of aryl methyl sites for hydroxylation is 1. The monoisotopic (exact) mass is 382 g/mol. The molecule has 2 heterocycles. The first-order valence-corrected chi connectivity index (χ1v) is 9.11. The number of aromatic amines is 1. The van der Waals surface area contributed by atoms with Crippen LogP contribution < -0.4 is 10.9 Å². The van der Waals surface area contributed by atoms with Crippen LogP contribution in [0.3, 0.4) is 0 Å². The predicted molar refractivity (Wildman–Crippen MR) is 113 cm³/mol. The molecule has 0 atom stereocenters. The van der Waals surface area contributed by atoms with Gasteiger partial charge in [0.15, 0.2) is 0 Å². The van der Waals surface area contributed by atoms with Crippen LogP contribution in [-0.4, -0.2) is 21.1 Å². The van der Waals surface area contributed by atoms with Crippen LogP contribution in [-0.2, 0) is 0 Å². The zero-order chi connectivity index (χ0) is 20.2. The van der Waals surface area contributed by atoms with Crippen LogP contribution in [0.4, 0.5) is 5.82 Å². The van der Waals surface area contributed by atoms with E-state index in [1.807, 2.05) is 73.7 Å². The molecular formula is C23H18N4O2. The van der Waals surface area contributed by atoms with Crippen molar-refractivity contribution in [3.8, 4) is 22.4 Å². The van der Waals surface area contributed by atoms with E-state index < -0.39 is 11.5 Å². The summed E-state index contributed by atoms with van der Waals surface area (Å²) in [5, 5.41) is 9.44. The highest BCUT2D eigenvalue weighted by Gasteiger charge is 2.23. The molecular weight excluding hydrogens is 364 g/mol. The second-order valence-electron chi connectivity index (χ2n) is 6.56. The molecule has 1 amide bonds. The molecule has 6 nitrogen and oxygen atoms in total. The van der Waals surface area contributed by atoms with Gasteiger partial charge in [0.2, 0.25) is 0 Å². The van der Waals surface area contributed by atoms with Crippen LogP contribution in [0.2, 0.25) is 0 Å². The number of aromatic nitrogens is 3. The number of anilines is 1. The van der Waals surface area contributed by atoms with Crippen molar-refractivity contribution in [2.75, 3.05) is 5.32 Å². The standard InChI is InChI=1S/C23H18N4O2/c1-15-12-13-18(24-14-15)25-22(28)20-19(16-8-4-2-5-9-16)21(26-27-23(20)29)17-10-6-3-7-11-17/h2-14H,1H3,(H,27,29)(H,24,25,28). The Labute approximate surface area is 167 Å². The minimum Gasteiger partial charge on any atom is -0.306 e. The van der Waals surface area contributed by atoms with Gasteiger partial charge in [0.05, 0.1) is 5.69 Å². The summed E-state index contributed by atoms with van der Waals surface area (Å²) in [5.74, 6) is -0.168. The summed E-state index contributed by atoms with van der Waals surface area (Å²) in [6.45, 7) is 1.91. The Morgan fingerprint density at radius 3 is 2.17 bits per heavy atom. The van der Waals surface area contributed by atoms with Gasteiger partial charge in [0.25, 0.3) is 11.5 Å². The van der Waals surface area contributed by atoms with Gasteiger partial charge in [-0.3, -0.25) is 9.59 Å². The van der Waals surface area contributed by atoms with Gasteiger partial charge in [-0.25, -0.2) is 10.1 Å². The van der Waals surface area contributed by atoms with Gasteiger partial charge in [-0.2, -0.15) is 5.10 Å². The summed E-state index contributed by atoms with van der Waals surface area (Å²) in [5.41, 5.74) is 2.93. The van der Waals surface area contributed by atoms with Gasteiger partial charge in [-0.1, -0.05) is 66.7 Å². The summed E-state index contributed by atoms with van der Waals surface area (Å²) in [7, 11) is 0. The second kappa shape index (κ2) is 7.90. The van der Waals surface area contributed by atoms with E-state index in [0.717, 1.165) is 16.7 Å². The molecule has 142 valence electrons. The van der Waals surface area contributed by atoms with E-state index in [4.69, 9.17) is 0 Å². The molecule has 4 rings (SSSR count). The van der Waals surface area contributed by atoms with Gasteiger partial charge >= 0.3 is 0 Å². The van der Waals surface area contributed by atoms with Crippen molar-refractivity contribution < 1.29 is 4.79 Å². The number of pyridine rings is 1. The summed E-state index contributed by atoms with van der Waals surface area (Å²) in [6, 6.07) is 22.3. The lowest BCUT2D eigenvalue weighted by atomic mass is 9.95. The number of carbonyl (C=O) groups excluding carboxylic acids is 1. The third-order valence-corrected chi connectivity index (χ3v) is 4.47. The van der Waals surface area contributed by atoms with Crippen LogP contribution >= 0.6 is 0 Å². The molecule has 0 radical (unpaired) electrons. The molecule has 2 aromatic heterocycles. The first-order valence-electron chi connectivity index (χ1n) is 9.11. The molecule has 0 fully saturated rings. The molecule has 4 aromatic rings. The minimum atomic E-state index is -0.562. The maximum Gasteiger partial charge on any atom is 0.277 e. The first kappa shape index (κ1) is 18.3. The summed E-state index contributed by atoms with van der Waals surface area (Å²) in [4.78, 5) is 30.0. The van der Waals surface area contributed by atoms with E-state index >= 15 is 0 Å². The molecule has 0 unspecified atom stereocenters. The Morgan fingerprint density at radius 2 is 1.55 bits per heavy atom. The van der Waals surface area contributed by atoms with Gasteiger partial charge < -0.3 is 5.32 Å². The van der Waals surface area contributed by atoms with Crippen LogP contribution in [0.15, 0.2) is 83.8 Å². The highest BCUT2D eigenvalue weighted by atomic mass is 16.2. The largest absolute Gasteiger partial charge is 0.306 e. The SMILES string of the molecule is Cc1ccc(NC(=O)c2c(-c3ccccc3)c(-c3ccccc3)n[nH]c2=O)nc1. The fraction of sp³-hybridized carbons (Fsp3) is 0.0435. The molecule has 0 aliphatic heterocycles. The smallest absolute Gasteiger partial charge is 0.277 e. The number of H-pyrrole nitrogens is 1. The van der Waals surface area contributed by atoms with Crippen molar-refractivity contribution >= 4 is 11.7 Å². The van der Waals surface area contributed by atoms with Crippen molar-refractivity contribution in [2.24, 2.45) is 0 Å². The number of carbonyl (C=O) groups is 1. The predicted octanol–water partition coefficient (Wildman–Crippen LogP) is 4.06. The van der Waals surface area contributed by atoms with E-state index in [2.05, 4.69) is 20.5 Å². The highest BCUT2D eigenvalue weighted by Crippen LogP contribution is 2.31. The molecule has 2 N–H and O–H groups in total. The van der Waals surface area contributed by atoms with Gasteiger partial charge in [-0.05, 0) is 24.1 Å². The average Bonchev–Trinajstić information content (AvgIpc) is 2.76.